The Morgan fingerprint density at radius 1 is 1.25 bits per heavy atom. The minimum atomic E-state index is 0.522. The second kappa shape index (κ2) is 7.31. The van der Waals surface area contributed by atoms with Crippen molar-refractivity contribution < 1.29 is 4.74 Å². The molecule has 2 aromatic carbocycles. The Bertz CT molecular complexity index is 923. The van der Waals surface area contributed by atoms with Crippen molar-refractivity contribution in [2.75, 3.05) is 7.11 Å². The zero-order chi connectivity index (χ0) is 16.9. The van der Waals surface area contributed by atoms with Crippen molar-refractivity contribution in [2.45, 2.75) is 0 Å². The van der Waals surface area contributed by atoms with Crippen LogP contribution in [0.1, 0.15) is 10.6 Å². The summed E-state index contributed by atoms with van der Waals surface area (Å²) >= 11 is 7.36. The molecular formula is C19H13ClN2OS. The molecule has 3 rings (SSSR count). The van der Waals surface area contributed by atoms with E-state index >= 15 is 0 Å². The second-order valence-corrected chi connectivity index (χ2v) is 6.29. The van der Waals surface area contributed by atoms with Gasteiger partial charge in [-0.15, -0.1) is 11.3 Å². The zero-order valence-corrected chi connectivity index (χ0v) is 14.4. The van der Waals surface area contributed by atoms with Crippen molar-refractivity contribution in [3.05, 3.63) is 69.5 Å². The van der Waals surface area contributed by atoms with E-state index < -0.39 is 0 Å². The third kappa shape index (κ3) is 3.65. The fourth-order valence-electron chi connectivity index (χ4n) is 2.19. The van der Waals surface area contributed by atoms with Crippen molar-refractivity contribution in [1.82, 2.24) is 4.98 Å². The number of methoxy groups -OCH3 is 1. The average molecular weight is 353 g/mol. The van der Waals surface area contributed by atoms with E-state index in [1.54, 1.807) is 7.11 Å². The van der Waals surface area contributed by atoms with E-state index in [0.717, 1.165) is 22.6 Å². The monoisotopic (exact) mass is 352 g/mol. The topological polar surface area (TPSA) is 45.9 Å². The summed E-state index contributed by atoms with van der Waals surface area (Å²) < 4.78 is 5.21. The molecule has 0 fully saturated rings. The molecule has 0 spiro atoms. The normalized spacial score (nSPS) is 11.1. The molecule has 0 amide bonds. The molecular weight excluding hydrogens is 340 g/mol. The van der Waals surface area contributed by atoms with Crippen LogP contribution in [0.3, 0.4) is 0 Å². The molecule has 0 aliphatic carbocycles. The van der Waals surface area contributed by atoms with Crippen molar-refractivity contribution in [1.29, 1.82) is 5.26 Å². The number of nitriles is 1. The maximum absolute atomic E-state index is 9.48. The maximum atomic E-state index is 9.48. The fraction of sp³-hybridized carbons (Fsp3) is 0.0526. The Kier molecular flexibility index (Phi) is 4.95. The summed E-state index contributed by atoms with van der Waals surface area (Å²) in [7, 11) is 1.62. The van der Waals surface area contributed by atoms with Gasteiger partial charge in [-0.25, -0.2) is 4.98 Å². The van der Waals surface area contributed by atoms with Crippen molar-refractivity contribution in [3.63, 3.8) is 0 Å². The van der Waals surface area contributed by atoms with Gasteiger partial charge in [0.05, 0.1) is 18.4 Å². The lowest BCUT2D eigenvalue weighted by Gasteiger charge is -2.01. The largest absolute Gasteiger partial charge is 0.497 e. The zero-order valence-electron chi connectivity index (χ0n) is 12.9. The van der Waals surface area contributed by atoms with Gasteiger partial charge in [-0.2, -0.15) is 5.26 Å². The van der Waals surface area contributed by atoms with E-state index in [-0.39, 0.29) is 0 Å². The molecule has 0 aliphatic rings. The highest BCUT2D eigenvalue weighted by Crippen LogP contribution is 2.28. The predicted octanol–water partition coefficient (Wildman–Crippen LogP) is 5.54. The molecule has 0 unspecified atom stereocenters. The standard InChI is InChI=1S/C19H13ClN2OS/c1-23-17-4-2-3-13(10-17)9-15(11-21)19-22-18(12-24-19)14-5-7-16(20)8-6-14/h2-10,12H,1H3. The molecule has 0 radical (unpaired) electrons. The molecule has 0 atom stereocenters. The lowest BCUT2D eigenvalue weighted by atomic mass is 10.1. The molecule has 118 valence electrons. The van der Waals surface area contributed by atoms with Crippen LogP contribution >= 0.6 is 22.9 Å². The van der Waals surface area contributed by atoms with Crippen LogP contribution in [0.2, 0.25) is 5.02 Å². The van der Waals surface area contributed by atoms with Gasteiger partial charge in [0.15, 0.2) is 0 Å². The molecule has 0 saturated heterocycles. The third-order valence-electron chi connectivity index (χ3n) is 3.40. The van der Waals surface area contributed by atoms with Gasteiger partial charge in [-0.3, -0.25) is 0 Å². The van der Waals surface area contributed by atoms with Gasteiger partial charge in [0.1, 0.15) is 16.8 Å². The Labute approximate surface area is 149 Å². The van der Waals surface area contributed by atoms with Crippen LogP contribution in [-0.2, 0) is 0 Å². The lowest BCUT2D eigenvalue weighted by molar-refractivity contribution is 0.414. The molecule has 0 saturated carbocycles. The van der Waals surface area contributed by atoms with Gasteiger partial charge in [-0.1, -0.05) is 35.9 Å². The minimum absolute atomic E-state index is 0.522. The first-order valence-corrected chi connectivity index (χ1v) is 8.43. The second-order valence-electron chi connectivity index (χ2n) is 4.99. The smallest absolute Gasteiger partial charge is 0.134 e. The predicted molar refractivity (Wildman–Crippen MR) is 99.0 cm³/mol. The average Bonchev–Trinajstić information content (AvgIpc) is 3.10. The van der Waals surface area contributed by atoms with Gasteiger partial charge in [-0.05, 0) is 35.9 Å². The quantitative estimate of drug-likeness (QED) is 0.579. The fourth-order valence-corrected chi connectivity index (χ4v) is 3.11. The van der Waals surface area contributed by atoms with Crippen LogP contribution in [0.25, 0.3) is 22.9 Å². The van der Waals surface area contributed by atoms with E-state index in [1.165, 1.54) is 11.3 Å². The number of ether oxygens (including phenoxy) is 1. The van der Waals surface area contributed by atoms with Gasteiger partial charge < -0.3 is 4.74 Å². The lowest BCUT2D eigenvalue weighted by Crippen LogP contribution is -1.85. The van der Waals surface area contributed by atoms with Gasteiger partial charge in [0.25, 0.3) is 0 Å². The van der Waals surface area contributed by atoms with Crippen molar-refractivity contribution >= 4 is 34.6 Å². The van der Waals surface area contributed by atoms with E-state index in [0.29, 0.717) is 15.6 Å². The van der Waals surface area contributed by atoms with Crippen molar-refractivity contribution in [3.8, 4) is 23.1 Å². The minimum Gasteiger partial charge on any atom is -0.497 e. The molecule has 0 aliphatic heterocycles. The number of halogens is 1. The highest BCUT2D eigenvalue weighted by molar-refractivity contribution is 7.11. The summed E-state index contributed by atoms with van der Waals surface area (Å²) in [5, 5.41) is 12.8. The Morgan fingerprint density at radius 2 is 2.04 bits per heavy atom. The first-order chi connectivity index (χ1) is 11.7. The van der Waals surface area contributed by atoms with E-state index in [2.05, 4.69) is 11.1 Å². The summed E-state index contributed by atoms with van der Waals surface area (Å²) in [5.74, 6) is 0.752. The first-order valence-electron chi connectivity index (χ1n) is 7.17. The van der Waals surface area contributed by atoms with Crippen LogP contribution < -0.4 is 4.74 Å². The van der Waals surface area contributed by atoms with Crippen LogP contribution in [0.5, 0.6) is 5.75 Å². The highest BCUT2D eigenvalue weighted by Gasteiger charge is 2.09. The SMILES string of the molecule is COc1cccc(C=C(C#N)c2nc(-c3ccc(Cl)cc3)cs2)c1. The highest BCUT2D eigenvalue weighted by atomic mass is 35.5. The summed E-state index contributed by atoms with van der Waals surface area (Å²) in [4.78, 5) is 4.57. The van der Waals surface area contributed by atoms with Gasteiger partial charge in [0, 0.05) is 16.0 Å². The number of allylic oxidation sites excluding steroid dienone is 1. The molecule has 0 bridgehead atoms. The van der Waals surface area contributed by atoms with Crippen LogP contribution in [-0.4, -0.2) is 12.1 Å². The summed E-state index contributed by atoms with van der Waals surface area (Å²) in [6.45, 7) is 0. The summed E-state index contributed by atoms with van der Waals surface area (Å²) in [5.41, 5.74) is 3.22. The number of thiazole rings is 1. The van der Waals surface area contributed by atoms with E-state index in [9.17, 15) is 5.26 Å². The number of benzene rings is 2. The molecule has 1 heterocycles. The van der Waals surface area contributed by atoms with E-state index in [1.807, 2.05) is 60.0 Å². The van der Waals surface area contributed by atoms with Gasteiger partial charge in [0.2, 0.25) is 0 Å². The molecule has 0 N–H and O–H groups in total. The molecule has 5 heteroatoms. The first kappa shape index (κ1) is 16.3. The summed E-state index contributed by atoms with van der Waals surface area (Å²) in [6.07, 6.45) is 1.81. The molecule has 24 heavy (non-hydrogen) atoms. The van der Waals surface area contributed by atoms with Crippen LogP contribution in [0.4, 0.5) is 0 Å². The molecule has 3 nitrogen and oxygen atoms in total. The van der Waals surface area contributed by atoms with Crippen molar-refractivity contribution in [2.24, 2.45) is 0 Å². The number of hydrogen-bond acceptors (Lipinski definition) is 4. The Morgan fingerprint density at radius 3 is 2.75 bits per heavy atom. The Balaban J connectivity index is 1.93. The van der Waals surface area contributed by atoms with Crippen LogP contribution in [0.15, 0.2) is 53.9 Å². The Hall–Kier alpha value is -2.61. The van der Waals surface area contributed by atoms with E-state index in [4.69, 9.17) is 16.3 Å². The number of nitrogens with zero attached hydrogens (tertiary/aromatic N) is 2. The number of hydrogen-bond donors (Lipinski definition) is 0. The van der Waals surface area contributed by atoms with Gasteiger partial charge >= 0.3 is 0 Å². The third-order valence-corrected chi connectivity index (χ3v) is 4.53. The molecule has 1 aromatic heterocycles. The number of aromatic nitrogens is 1. The maximum Gasteiger partial charge on any atom is 0.134 e. The molecule has 3 aromatic rings. The number of rotatable bonds is 4. The summed E-state index contributed by atoms with van der Waals surface area (Å²) in [6, 6.07) is 17.3. The van der Waals surface area contributed by atoms with Crippen LogP contribution in [0, 0.1) is 11.3 Å².